The van der Waals surface area contributed by atoms with E-state index in [1.807, 2.05) is 18.2 Å². The van der Waals surface area contributed by atoms with E-state index in [0.29, 0.717) is 65.5 Å². The minimum Gasteiger partial charge on any atom is -0.493 e. The Morgan fingerprint density at radius 2 is 1.76 bits per heavy atom. The lowest BCUT2D eigenvalue weighted by Gasteiger charge is -2.44. The fourth-order valence-electron chi connectivity index (χ4n) is 9.89. The quantitative estimate of drug-likeness (QED) is 0.0731. The van der Waals surface area contributed by atoms with Gasteiger partial charge >= 0.3 is 0 Å². The number of aromatic nitrogens is 2. The number of piperidine rings is 1. The van der Waals surface area contributed by atoms with Crippen molar-refractivity contribution in [1.82, 2.24) is 25.1 Å². The van der Waals surface area contributed by atoms with Crippen molar-refractivity contribution in [1.29, 1.82) is 0 Å². The number of Topliss-reactive ketones (excluding diaryl/α,β-unsaturated/α-hetero) is 1. The zero-order chi connectivity index (χ0) is 40.9. The Morgan fingerprint density at radius 1 is 0.983 bits per heavy atom. The van der Waals surface area contributed by atoms with Crippen molar-refractivity contribution >= 4 is 75.2 Å². The minimum atomic E-state index is -0.847. The molecule has 1 saturated carbocycles. The molecule has 0 spiro atoms. The molecule has 2 N–H and O–H groups in total. The normalized spacial score (nSPS) is 25.8. The molecule has 308 valence electrons. The number of hydrogen-bond acceptors (Lipinski definition) is 12. The van der Waals surface area contributed by atoms with Gasteiger partial charge in [0.25, 0.3) is 0 Å². The number of ketones is 1. The van der Waals surface area contributed by atoms with Crippen molar-refractivity contribution in [3.05, 3.63) is 75.8 Å². The summed E-state index contributed by atoms with van der Waals surface area (Å²) in [6, 6.07) is 12.1. The standard InChI is InChI=1S/C43H44Cl2FN7O6/c1-58-36-16-33-30(42(48-22-47-33)49-32-11-10-31(44)39(45)40(32)46)15-37(36)59-28-8-2-23(3-9-28)17-52-26-6-7-27(52)20-51(19-26)25-5-4-24-18-53(34-12-13-38(56)50-43(34)57)41(29(24)14-25)35(55)21-54/h4-5,10-11,14-16,21-23,26-28,34,41H,2-3,6-9,12-13,17-20H2,1H3,(H,47,48,49)(H,50,56,57). The molecule has 0 radical (unpaired) electrons. The lowest BCUT2D eigenvalue weighted by Crippen LogP contribution is -2.55. The first-order valence-corrected chi connectivity index (χ1v) is 21.0. The number of carbonyl (C=O) groups is 4. The average molecular weight is 845 g/mol. The number of nitrogens with zero attached hydrogens (tertiary/aromatic N) is 5. The summed E-state index contributed by atoms with van der Waals surface area (Å²) < 4.78 is 27.2. The predicted octanol–water partition coefficient (Wildman–Crippen LogP) is 6.55. The number of ether oxygens (including phenoxy) is 2. The van der Waals surface area contributed by atoms with Crippen molar-refractivity contribution in [2.45, 2.75) is 88.2 Å². The number of benzene rings is 3. The third kappa shape index (κ3) is 7.60. The summed E-state index contributed by atoms with van der Waals surface area (Å²) in [4.78, 5) is 65.2. The first kappa shape index (κ1) is 39.6. The molecule has 5 heterocycles. The van der Waals surface area contributed by atoms with Crippen LogP contribution in [0.25, 0.3) is 10.9 Å². The number of rotatable bonds is 11. The largest absolute Gasteiger partial charge is 0.493 e. The van der Waals surface area contributed by atoms with Gasteiger partial charge in [0.1, 0.15) is 18.2 Å². The van der Waals surface area contributed by atoms with Crippen LogP contribution in [0.15, 0.2) is 48.8 Å². The molecule has 16 heteroatoms. The maximum Gasteiger partial charge on any atom is 0.243 e. The molecule has 13 nitrogen and oxygen atoms in total. The second-order valence-electron chi connectivity index (χ2n) is 16.3. The molecular formula is C43H44Cl2FN7O6. The zero-order valence-electron chi connectivity index (χ0n) is 32.5. The van der Waals surface area contributed by atoms with E-state index in [0.717, 1.165) is 75.0 Å². The van der Waals surface area contributed by atoms with Crippen LogP contribution in [-0.2, 0) is 25.7 Å². The Balaban J connectivity index is 0.832. The van der Waals surface area contributed by atoms with E-state index in [4.69, 9.17) is 32.7 Å². The van der Waals surface area contributed by atoms with Crippen LogP contribution in [0.4, 0.5) is 21.6 Å². The molecule has 2 bridgehead atoms. The van der Waals surface area contributed by atoms with E-state index in [2.05, 4.69) is 36.5 Å². The van der Waals surface area contributed by atoms with Gasteiger partial charge in [-0.1, -0.05) is 29.3 Å². The van der Waals surface area contributed by atoms with Gasteiger partial charge in [0.05, 0.1) is 40.5 Å². The summed E-state index contributed by atoms with van der Waals surface area (Å²) in [6.07, 6.45) is 8.38. The van der Waals surface area contributed by atoms with Crippen molar-refractivity contribution < 1.29 is 33.0 Å². The van der Waals surface area contributed by atoms with Gasteiger partial charge in [0, 0.05) is 61.8 Å². The number of carbonyl (C=O) groups excluding carboxylic acids is 4. The minimum absolute atomic E-state index is 0.000341. The lowest BCUT2D eigenvalue weighted by atomic mass is 9.86. The van der Waals surface area contributed by atoms with Crippen LogP contribution in [-0.4, -0.2) is 94.6 Å². The van der Waals surface area contributed by atoms with E-state index in [1.54, 1.807) is 18.1 Å². The van der Waals surface area contributed by atoms with Crippen LogP contribution in [0.3, 0.4) is 0 Å². The van der Waals surface area contributed by atoms with Crippen molar-refractivity contribution in [2.24, 2.45) is 5.92 Å². The van der Waals surface area contributed by atoms with Crippen LogP contribution < -0.4 is 25.0 Å². The van der Waals surface area contributed by atoms with Crippen molar-refractivity contribution in [3.63, 3.8) is 0 Å². The average Bonchev–Trinajstić information content (AvgIpc) is 3.72. The second-order valence-corrected chi connectivity index (χ2v) is 17.1. The van der Waals surface area contributed by atoms with Gasteiger partial charge < -0.3 is 19.7 Å². The van der Waals surface area contributed by atoms with Crippen LogP contribution >= 0.6 is 23.2 Å². The smallest absolute Gasteiger partial charge is 0.243 e. The number of hydrogen-bond donors (Lipinski definition) is 2. The van der Waals surface area contributed by atoms with E-state index >= 15 is 0 Å². The highest BCUT2D eigenvalue weighted by atomic mass is 35.5. The number of imide groups is 1. The number of aldehydes is 1. The van der Waals surface area contributed by atoms with Crippen LogP contribution in [0, 0.1) is 11.7 Å². The molecule has 1 aliphatic carbocycles. The van der Waals surface area contributed by atoms with Gasteiger partial charge in [-0.2, -0.15) is 0 Å². The summed E-state index contributed by atoms with van der Waals surface area (Å²) in [5, 5.41) is 6.01. The van der Waals surface area contributed by atoms with E-state index in [1.165, 1.54) is 18.5 Å². The third-order valence-corrected chi connectivity index (χ3v) is 13.6. The third-order valence-electron chi connectivity index (χ3n) is 12.9. The predicted molar refractivity (Wildman–Crippen MR) is 220 cm³/mol. The Hall–Kier alpha value is -4.89. The molecule has 4 atom stereocenters. The Labute approximate surface area is 350 Å². The molecule has 1 aromatic heterocycles. The Morgan fingerprint density at radius 3 is 2.49 bits per heavy atom. The molecule has 4 aliphatic heterocycles. The monoisotopic (exact) mass is 843 g/mol. The molecule has 3 aromatic carbocycles. The number of fused-ring (bicyclic) bond motifs is 4. The summed E-state index contributed by atoms with van der Waals surface area (Å²) in [5.41, 5.74) is 3.45. The summed E-state index contributed by atoms with van der Waals surface area (Å²) >= 11 is 12.1. The number of amides is 2. The van der Waals surface area contributed by atoms with E-state index in [-0.39, 0.29) is 34.2 Å². The number of anilines is 3. The summed E-state index contributed by atoms with van der Waals surface area (Å²) in [6.45, 7) is 3.15. The highest BCUT2D eigenvalue weighted by molar-refractivity contribution is 6.42. The Kier molecular flexibility index (Phi) is 10.9. The van der Waals surface area contributed by atoms with Crippen LogP contribution in [0.2, 0.25) is 10.0 Å². The van der Waals surface area contributed by atoms with Crippen molar-refractivity contribution in [2.75, 3.05) is 37.0 Å². The summed E-state index contributed by atoms with van der Waals surface area (Å²) in [7, 11) is 1.60. The first-order chi connectivity index (χ1) is 28.6. The highest BCUT2D eigenvalue weighted by Gasteiger charge is 2.45. The fraction of sp³-hybridized carbons (Fsp3) is 0.442. The second kappa shape index (κ2) is 16.3. The SMILES string of the molecule is COc1cc2ncnc(Nc3ccc(Cl)c(Cl)c3F)c2cc1OC1CCC(CN2C3CCC2CN(c2ccc4c(c2)C(C(=O)C=O)N(C2CCC(=O)NC2=O)C4)C3)CC1. The maximum absolute atomic E-state index is 14.9. The molecule has 4 aromatic rings. The zero-order valence-corrected chi connectivity index (χ0v) is 34.0. The van der Waals surface area contributed by atoms with Gasteiger partial charge in [-0.25, -0.2) is 14.4 Å². The molecule has 5 aliphatic rings. The molecule has 2 amide bonds. The summed E-state index contributed by atoms with van der Waals surface area (Å²) in [5.74, 6) is 0.0681. The van der Waals surface area contributed by atoms with Crippen LogP contribution in [0.1, 0.15) is 68.5 Å². The van der Waals surface area contributed by atoms with Gasteiger partial charge in [-0.3, -0.25) is 34.3 Å². The molecule has 59 heavy (non-hydrogen) atoms. The molecule has 4 unspecified atom stereocenters. The topological polar surface area (TPSA) is 146 Å². The number of halogens is 3. The first-order valence-electron chi connectivity index (χ1n) is 20.2. The van der Waals surface area contributed by atoms with E-state index < -0.39 is 29.6 Å². The molecule has 4 fully saturated rings. The van der Waals surface area contributed by atoms with Crippen LogP contribution in [0.5, 0.6) is 11.5 Å². The highest BCUT2D eigenvalue weighted by Crippen LogP contribution is 2.43. The van der Waals surface area contributed by atoms with Crippen molar-refractivity contribution in [3.8, 4) is 11.5 Å². The van der Waals surface area contributed by atoms with Gasteiger partial charge in [-0.05, 0) is 92.3 Å². The number of nitrogens with one attached hydrogen (secondary N) is 2. The number of methoxy groups -OCH3 is 1. The molecular weight excluding hydrogens is 800 g/mol. The Bertz CT molecular complexity index is 2330. The lowest BCUT2D eigenvalue weighted by molar-refractivity contribution is -0.141. The maximum atomic E-state index is 14.9. The van der Waals surface area contributed by atoms with Gasteiger partial charge in [0.2, 0.25) is 17.6 Å². The molecule has 3 saturated heterocycles. The fourth-order valence-corrected chi connectivity index (χ4v) is 10.2. The van der Waals surface area contributed by atoms with Gasteiger partial charge in [0.15, 0.2) is 23.6 Å². The van der Waals surface area contributed by atoms with E-state index in [9.17, 15) is 23.6 Å². The molecule has 9 rings (SSSR count). The number of piperazine rings is 1. The van der Waals surface area contributed by atoms with Gasteiger partial charge in [-0.15, -0.1) is 0 Å².